The van der Waals surface area contributed by atoms with E-state index in [4.69, 9.17) is 10.1 Å². The molecule has 0 aliphatic heterocycles. The number of hydrogen-bond donors (Lipinski definition) is 2. The molecule has 0 atom stereocenters. The molecule has 2 N–H and O–H groups in total. The van der Waals surface area contributed by atoms with Crippen molar-refractivity contribution in [3.05, 3.63) is 48.6 Å². The van der Waals surface area contributed by atoms with Gasteiger partial charge in [0.1, 0.15) is 12.1 Å². The fourth-order valence-corrected chi connectivity index (χ4v) is 2.88. The van der Waals surface area contributed by atoms with E-state index in [0.29, 0.717) is 12.8 Å². The van der Waals surface area contributed by atoms with Crippen LogP contribution < -0.4 is 5.32 Å². The normalized spacial score (nSPS) is 12.3. The highest BCUT2D eigenvalue weighted by Crippen LogP contribution is 2.07. The van der Waals surface area contributed by atoms with Crippen LogP contribution in [0, 0.1) is 5.41 Å². The molecular formula is C28H47N3O3. The number of unbranched alkanes of at least 4 members (excludes halogenated alkanes) is 4. The number of carbonyl (C=O) groups excluding carboxylic acids is 2. The molecule has 0 radical (unpaired) electrons. The maximum Gasteiger partial charge on any atom is 0.326 e. The third-order valence-electron chi connectivity index (χ3n) is 4.66. The van der Waals surface area contributed by atoms with Crippen LogP contribution in [-0.2, 0) is 14.3 Å². The Morgan fingerprint density at radius 1 is 0.853 bits per heavy atom. The van der Waals surface area contributed by atoms with Gasteiger partial charge in [-0.3, -0.25) is 20.3 Å². The van der Waals surface area contributed by atoms with Crippen molar-refractivity contribution in [2.75, 3.05) is 13.6 Å². The second kappa shape index (κ2) is 19.8. The maximum atomic E-state index is 12.0. The average Bonchev–Trinajstić information content (AvgIpc) is 2.74. The van der Waals surface area contributed by atoms with Gasteiger partial charge in [0.15, 0.2) is 5.96 Å². The van der Waals surface area contributed by atoms with Crippen LogP contribution in [0.2, 0.25) is 0 Å². The van der Waals surface area contributed by atoms with Gasteiger partial charge in [0.2, 0.25) is 5.91 Å². The van der Waals surface area contributed by atoms with Crippen LogP contribution in [-0.4, -0.2) is 41.9 Å². The van der Waals surface area contributed by atoms with Crippen LogP contribution in [0.25, 0.3) is 0 Å². The molecule has 0 aromatic heterocycles. The quantitative estimate of drug-likeness (QED) is 0.0886. The van der Waals surface area contributed by atoms with E-state index in [0.717, 1.165) is 25.7 Å². The van der Waals surface area contributed by atoms with Crippen LogP contribution in [0.1, 0.15) is 91.9 Å². The maximum absolute atomic E-state index is 12.0. The fourth-order valence-electron chi connectivity index (χ4n) is 2.88. The van der Waals surface area contributed by atoms with Crippen molar-refractivity contribution in [3.8, 4) is 0 Å². The van der Waals surface area contributed by atoms with E-state index in [2.05, 4.69) is 60.8 Å². The SMILES string of the molecule is CCCCC/C=C\C/C=C\C/C=C\C/C=C\CCCC(=O)NC(=N)N(C)CC(=O)OC(C)(C)C. The topological polar surface area (TPSA) is 82.5 Å². The summed E-state index contributed by atoms with van der Waals surface area (Å²) in [6.07, 6.45) is 27.2. The summed E-state index contributed by atoms with van der Waals surface area (Å²) < 4.78 is 5.22. The van der Waals surface area contributed by atoms with Crippen molar-refractivity contribution in [1.29, 1.82) is 5.41 Å². The molecule has 0 unspecified atom stereocenters. The summed E-state index contributed by atoms with van der Waals surface area (Å²) in [6, 6.07) is 0. The molecule has 0 aromatic carbocycles. The fraction of sp³-hybridized carbons (Fsp3) is 0.607. The number of allylic oxidation sites excluding steroid dienone is 8. The van der Waals surface area contributed by atoms with Gasteiger partial charge in [-0.1, -0.05) is 68.4 Å². The minimum Gasteiger partial charge on any atom is -0.459 e. The van der Waals surface area contributed by atoms with Crippen molar-refractivity contribution < 1.29 is 14.3 Å². The molecule has 0 saturated heterocycles. The molecule has 0 heterocycles. The minimum absolute atomic E-state index is 0.0847. The first kappa shape index (κ1) is 31.4. The zero-order valence-corrected chi connectivity index (χ0v) is 22.1. The summed E-state index contributed by atoms with van der Waals surface area (Å²) in [5.74, 6) is -0.764. The van der Waals surface area contributed by atoms with E-state index in [-0.39, 0.29) is 18.4 Å². The van der Waals surface area contributed by atoms with Crippen LogP contribution in [0.3, 0.4) is 0 Å². The van der Waals surface area contributed by atoms with E-state index < -0.39 is 11.6 Å². The van der Waals surface area contributed by atoms with Crippen molar-refractivity contribution in [1.82, 2.24) is 10.2 Å². The zero-order chi connectivity index (χ0) is 25.7. The van der Waals surface area contributed by atoms with Crippen molar-refractivity contribution in [2.45, 2.75) is 97.5 Å². The standard InChI is InChI=1S/C28H47N3O3/c1-6-7-8-9-10-11-12-13-14-15-16-17-18-19-20-21-22-23-25(32)30-27(29)31(5)24-26(33)34-28(2,3)4/h10-11,13-14,16-17,19-20H,6-9,12,15,18,21-24H2,1-5H3,(H2,29,30,32)/b11-10-,14-13-,17-16-,20-19-. The number of ether oxygens (including phenoxy) is 1. The van der Waals surface area contributed by atoms with Gasteiger partial charge in [-0.2, -0.15) is 0 Å². The monoisotopic (exact) mass is 473 g/mol. The predicted octanol–water partition coefficient (Wildman–Crippen LogP) is 6.46. The van der Waals surface area contributed by atoms with E-state index in [1.165, 1.54) is 30.6 Å². The Morgan fingerprint density at radius 3 is 1.85 bits per heavy atom. The number of guanidine groups is 1. The van der Waals surface area contributed by atoms with E-state index in [1.54, 1.807) is 27.8 Å². The Balaban J connectivity index is 3.83. The number of carbonyl (C=O) groups is 2. The van der Waals surface area contributed by atoms with Crippen LogP contribution >= 0.6 is 0 Å². The highest BCUT2D eigenvalue weighted by atomic mass is 16.6. The number of nitrogens with zero attached hydrogens (tertiary/aromatic N) is 1. The van der Waals surface area contributed by atoms with Crippen LogP contribution in [0.4, 0.5) is 0 Å². The number of amides is 1. The number of nitrogens with one attached hydrogen (secondary N) is 2. The Kier molecular flexibility index (Phi) is 18.3. The molecule has 0 aliphatic carbocycles. The van der Waals surface area contributed by atoms with Crippen LogP contribution in [0.15, 0.2) is 48.6 Å². The van der Waals surface area contributed by atoms with Gasteiger partial charge in [-0.15, -0.1) is 0 Å². The first-order chi connectivity index (χ1) is 16.2. The van der Waals surface area contributed by atoms with E-state index >= 15 is 0 Å². The summed E-state index contributed by atoms with van der Waals surface area (Å²) >= 11 is 0. The number of likely N-dealkylation sites (N-methyl/N-ethyl adjacent to an activating group) is 1. The van der Waals surface area contributed by atoms with E-state index in [9.17, 15) is 9.59 Å². The summed E-state index contributed by atoms with van der Waals surface area (Å²) in [5, 5.41) is 10.4. The molecule has 0 fully saturated rings. The Bertz CT molecular complexity index is 700. The summed E-state index contributed by atoms with van der Waals surface area (Å²) in [7, 11) is 1.57. The molecule has 6 nitrogen and oxygen atoms in total. The van der Waals surface area contributed by atoms with Gasteiger partial charge in [0, 0.05) is 13.5 Å². The molecule has 1 amide bonds. The van der Waals surface area contributed by atoms with Gasteiger partial charge in [-0.05, 0) is 65.7 Å². The van der Waals surface area contributed by atoms with Gasteiger partial charge >= 0.3 is 5.97 Å². The minimum atomic E-state index is -0.575. The first-order valence-electron chi connectivity index (χ1n) is 12.6. The lowest BCUT2D eigenvalue weighted by Crippen LogP contribution is -2.44. The molecule has 0 saturated carbocycles. The summed E-state index contributed by atoms with van der Waals surface area (Å²) in [4.78, 5) is 25.2. The number of hydrogen-bond acceptors (Lipinski definition) is 4. The molecule has 192 valence electrons. The van der Waals surface area contributed by atoms with Gasteiger partial charge < -0.3 is 9.64 Å². The Hall–Kier alpha value is -2.63. The molecule has 0 spiro atoms. The molecular weight excluding hydrogens is 426 g/mol. The molecule has 0 rings (SSSR count). The Labute approximate surface area is 207 Å². The van der Waals surface area contributed by atoms with Crippen LogP contribution in [0.5, 0.6) is 0 Å². The molecule has 6 heteroatoms. The summed E-state index contributed by atoms with van der Waals surface area (Å²) in [6.45, 7) is 7.51. The lowest BCUT2D eigenvalue weighted by atomic mass is 10.2. The molecule has 0 bridgehead atoms. The second-order valence-electron chi connectivity index (χ2n) is 9.32. The van der Waals surface area contributed by atoms with Gasteiger partial charge in [0.25, 0.3) is 0 Å². The molecule has 0 aromatic rings. The largest absolute Gasteiger partial charge is 0.459 e. The van der Waals surface area contributed by atoms with Gasteiger partial charge in [0.05, 0.1) is 0 Å². The zero-order valence-electron chi connectivity index (χ0n) is 22.1. The van der Waals surface area contributed by atoms with Crippen molar-refractivity contribution in [2.24, 2.45) is 0 Å². The lowest BCUT2D eigenvalue weighted by molar-refractivity contribution is -0.155. The predicted molar refractivity (Wildman–Crippen MR) is 143 cm³/mol. The van der Waals surface area contributed by atoms with Gasteiger partial charge in [-0.25, -0.2) is 0 Å². The molecule has 34 heavy (non-hydrogen) atoms. The number of rotatable bonds is 16. The highest BCUT2D eigenvalue weighted by molar-refractivity contribution is 5.96. The van der Waals surface area contributed by atoms with Crippen molar-refractivity contribution >= 4 is 17.8 Å². The lowest BCUT2D eigenvalue weighted by Gasteiger charge is -2.23. The second-order valence-corrected chi connectivity index (χ2v) is 9.32. The third kappa shape index (κ3) is 21.2. The molecule has 0 aliphatic rings. The third-order valence-corrected chi connectivity index (χ3v) is 4.66. The smallest absolute Gasteiger partial charge is 0.326 e. The van der Waals surface area contributed by atoms with E-state index in [1.807, 2.05) is 0 Å². The Morgan fingerprint density at radius 2 is 1.35 bits per heavy atom. The summed E-state index contributed by atoms with van der Waals surface area (Å²) in [5.41, 5.74) is -0.575. The first-order valence-corrected chi connectivity index (χ1v) is 12.6. The van der Waals surface area contributed by atoms with Crippen molar-refractivity contribution in [3.63, 3.8) is 0 Å². The highest BCUT2D eigenvalue weighted by Gasteiger charge is 2.19. The average molecular weight is 474 g/mol. The number of esters is 1.